The largest absolute Gasteiger partial charge is 0.481 e. The number of hydrogen-bond acceptors (Lipinski definition) is 11. The number of carboxylic acid groups (broad SMARTS) is 1. The molecule has 0 spiro atoms. The van der Waals surface area contributed by atoms with E-state index in [2.05, 4.69) is 66.5 Å². The van der Waals surface area contributed by atoms with Gasteiger partial charge in [0.15, 0.2) is 0 Å². The van der Waals surface area contributed by atoms with Crippen molar-refractivity contribution in [1.82, 2.24) is 30.1 Å². The number of ether oxygens (including phenoxy) is 1. The molecule has 4 aromatic carbocycles. The summed E-state index contributed by atoms with van der Waals surface area (Å²) in [6.45, 7) is 11.2. The van der Waals surface area contributed by atoms with E-state index in [1.165, 1.54) is 73.6 Å². The van der Waals surface area contributed by atoms with Crippen molar-refractivity contribution in [3.05, 3.63) is 117 Å². The molecule has 2 saturated carbocycles. The number of likely N-dealkylation sites (tertiary alicyclic amines) is 2. The normalized spacial score (nSPS) is 18.6. The summed E-state index contributed by atoms with van der Waals surface area (Å²) in [6, 6.07) is 28.6. The van der Waals surface area contributed by atoms with E-state index in [1.54, 1.807) is 0 Å². The third-order valence-corrected chi connectivity index (χ3v) is 16.0. The molecule has 1 N–H and O–H groups in total. The van der Waals surface area contributed by atoms with E-state index in [1.807, 2.05) is 69.3 Å². The number of halogens is 2. The Balaban J connectivity index is 0.000000174. The van der Waals surface area contributed by atoms with Gasteiger partial charge in [0.25, 0.3) is 11.8 Å². The molecule has 368 valence electrons. The van der Waals surface area contributed by atoms with Gasteiger partial charge in [-0.15, -0.1) is 0 Å². The van der Waals surface area contributed by atoms with Crippen LogP contribution in [0.25, 0.3) is 45.7 Å². The van der Waals surface area contributed by atoms with Crippen molar-refractivity contribution in [3.63, 3.8) is 0 Å². The molecule has 0 bridgehead atoms. The van der Waals surface area contributed by atoms with Crippen LogP contribution >= 0.6 is 23.2 Å². The highest BCUT2D eigenvalue weighted by molar-refractivity contribution is 6.32. The number of carbonyl (C=O) groups excluding carboxylic acids is 1. The van der Waals surface area contributed by atoms with Crippen molar-refractivity contribution < 1.29 is 28.5 Å². The Bertz CT molecular complexity index is 2730. The molecule has 0 amide bonds. The molecule has 4 fully saturated rings. The fourth-order valence-electron chi connectivity index (χ4n) is 10.5. The second-order valence-electron chi connectivity index (χ2n) is 20.4. The number of nitrogens with zero attached hydrogens (tertiary/aromatic N) is 6. The van der Waals surface area contributed by atoms with Crippen molar-refractivity contribution in [1.29, 1.82) is 0 Å². The van der Waals surface area contributed by atoms with E-state index in [0.29, 0.717) is 54.7 Å². The number of rotatable bonds is 13. The topological polar surface area (TPSA) is 148 Å². The van der Waals surface area contributed by atoms with Crippen molar-refractivity contribution >= 4 is 35.1 Å². The van der Waals surface area contributed by atoms with Crippen LogP contribution in [0, 0.1) is 10.8 Å². The molecule has 0 atom stereocenters. The van der Waals surface area contributed by atoms with E-state index in [4.69, 9.17) is 37.0 Å². The van der Waals surface area contributed by atoms with Gasteiger partial charge in [-0.3, -0.25) is 19.4 Å². The Kier molecular flexibility index (Phi) is 15.5. The zero-order valence-corrected chi connectivity index (χ0v) is 42.1. The first kappa shape index (κ1) is 49.6. The average Bonchev–Trinajstić information content (AvgIpc) is 4.23. The number of carboxylic acids is 1. The lowest BCUT2D eigenvalue weighted by molar-refractivity contribution is -0.157. The highest BCUT2D eigenvalue weighted by Gasteiger charge is 2.39. The molecule has 4 heterocycles. The average molecular weight is 988 g/mol. The van der Waals surface area contributed by atoms with E-state index in [-0.39, 0.29) is 11.4 Å². The molecule has 2 saturated heterocycles. The Morgan fingerprint density at radius 3 is 1.37 bits per heavy atom. The molecular formula is C56H64Cl2N6O6. The van der Waals surface area contributed by atoms with Crippen LogP contribution in [0.5, 0.6) is 0 Å². The first-order chi connectivity index (χ1) is 33.9. The zero-order chi connectivity index (χ0) is 48.8. The van der Waals surface area contributed by atoms with Crippen LogP contribution in [-0.2, 0) is 27.4 Å². The van der Waals surface area contributed by atoms with Crippen molar-refractivity contribution in [3.8, 4) is 45.7 Å². The number of aromatic nitrogens is 4. The molecule has 12 nitrogen and oxygen atoms in total. The van der Waals surface area contributed by atoms with Gasteiger partial charge in [-0.05, 0) is 157 Å². The van der Waals surface area contributed by atoms with Crippen molar-refractivity contribution in [2.45, 2.75) is 123 Å². The van der Waals surface area contributed by atoms with Gasteiger partial charge < -0.3 is 18.9 Å². The van der Waals surface area contributed by atoms with Crippen LogP contribution in [0.2, 0.25) is 10.0 Å². The van der Waals surface area contributed by atoms with Gasteiger partial charge in [-0.1, -0.05) is 120 Å². The van der Waals surface area contributed by atoms with Crippen LogP contribution in [-0.4, -0.2) is 79.9 Å². The lowest BCUT2D eigenvalue weighted by atomic mass is 9.80. The molecule has 2 aliphatic carbocycles. The van der Waals surface area contributed by atoms with Gasteiger partial charge in [0, 0.05) is 45.4 Å². The standard InChI is InChI=1S/C29H34ClN3O3.C27H30ClN3O3/c1-3-35-28(34)29(2)14-16-33(17-15-29)19-20-8-10-22(11-9-20)26-31-27(36-32-26)23-12-13-24(25(30)18-23)21-6-4-5-7-21;1-27(26(32)33)12-14-31(15-13-27)17-18-6-8-20(9-7-18)24-29-25(34-30-24)21-10-11-22(23(28)16-21)19-4-2-3-5-19/h8-13,18,21H,3-7,14-17,19H2,1-2H3;6-11,16,19H,2-5,12-15,17H2,1H3,(H,32,33). The van der Waals surface area contributed by atoms with Gasteiger partial charge in [0.2, 0.25) is 11.6 Å². The first-order valence-corrected chi connectivity index (χ1v) is 25.9. The summed E-state index contributed by atoms with van der Waals surface area (Å²) in [4.78, 5) is 37.6. The number of benzene rings is 4. The zero-order valence-electron chi connectivity index (χ0n) is 40.6. The van der Waals surface area contributed by atoms with Crippen LogP contribution in [0.1, 0.15) is 132 Å². The molecular weight excluding hydrogens is 924 g/mol. The summed E-state index contributed by atoms with van der Waals surface area (Å²) < 4.78 is 16.4. The molecule has 0 unspecified atom stereocenters. The first-order valence-electron chi connectivity index (χ1n) is 25.2. The predicted octanol–water partition coefficient (Wildman–Crippen LogP) is 13.3. The summed E-state index contributed by atoms with van der Waals surface area (Å²) in [7, 11) is 0. The second kappa shape index (κ2) is 21.9. The minimum absolute atomic E-state index is 0.0690. The molecule has 10 rings (SSSR count). The van der Waals surface area contributed by atoms with Crippen molar-refractivity contribution in [2.75, 3.05) is 32.8 Å². The summed E-state index contributed by atoms with van der Waals surface area (Å²) in [5, 5.41) is 19.3. The van der Waals surface area contributed by atoms with Crippen LogP contribution in [0.4, 0.5) is 0 Å². The molecule has 6 aromatic rings. The maximum absolute atomic E-state index is 12.3. The minimum Gasteiger partial charge on any atom is -0.481 e. The molecule has 2 aromatic heterocycles. The Labute approximate surface area is 421 Å². The minimum atomic E-state index is -0.692. The number of carbonyl (C=O) groups is 2. The maximum Gasteiger partial charge on any atom is 0.311 e. The summed E-state index contributed by atoms with van der Waals surface area (Å²) in [5.41, 5.74) is 7.37. The number of hydrogen-bond donors (Lipinski definition) is 1. The fraction of sp³-hybridized carbons (Fsp3) is 0.464. The second-order valence-corrected chi connectivity index (χ2v) is 21.2. The SMILES string of the molecule is CC1(C(=O)O)CCN(Cc2ccc(-c3noc(-c4ccc(C5CCCC5)c(Cl)c4)n3)cc2)CC1.CCOC(=O)C1(C)CCN(Cc2ccc(-c3noc(-c4ccc(C5CCCC5)c(Cl)c4)n3)cc2)CC1. The lowest BCUT2D eigenvalue weighted by Crippen LogP contribution is -2.43. The van der Waals surface area contributed by atoms with Gasteiger partial charge in [0.1, 0.15) is 0 Å². The monoisotopic (exact) mass is 986 g/mol. The van der Waals surface area contributed by atoms with Crippen molar-refractivity contribution in [2.24, 2.45) is 10.8 Å². The number of piperidine rings is 2. The third-order valence-electron chi connectivity index (χ3n) is 15.4. The van der Waals surface area contributed by atoms with Gasteiger partial charge in [-0.25, -0.2) is 0 Å². The number of aliphatic carboxylic acids is 1. The van der Waals surface area contributed by atoms with E-state index < -0.39 is 11.4 Å². The number of esters is 1. The van der Waals surface area contributed by atoms with Gasteiger partial charge >= 0.3 is 11.9 Å². The molecule has 4 aliphatic rings. The smallest absolute Gasteiger partial charge is 0.311 e. The predicted molar refractivity (Wildman–Crippen MR) is 272 cm³/mol. The molecule has 70 heavy (non-hydrogen) atoms. The summed E-state index contributed by atoms with van der Waals surface area (Å²) in [6.07, 6.45) is 12.9. The quantitative estimate of drug-likeness (QED) is 0.110. The highest BCUT2D eigenvalue weighted by atomic mass is 35.5. The van der Waals surface area contributed by atoms with E-state index >= 15 is 0 Å². The van der Waals surface area contributed by atoms with Gasteiger partial charge in [0.05, 0.1) is 17.4 Å². The molecule has 0 radical (unpaired) electrons. The Hall–Kier alpha value is -5.40. The van der Waals surface area contributed by atoms with Crippen LogP contribution in [0.3, 0.4) is 0 Å². The third kappa shape index (κ3) is 11.5. The van der Waals surface area contributed by atoms with Crippen LogP contribution < -0.4 is 0 Å². The van der Waals surface area contributed by atoms with E-state index in [0.717, 1.165) is 84.4 Å². The van der Waals surface area contributed by atoms with Gasteiger partial charge in [-0.2, -0.15) is 9.97 Å². The summed E-state index contributed by atoms with van der Waals surface area (Å²) in [5.74, 6) is 2.42. The Morgan fingerprint density at radius 1 is 0.614 bits per heavy atom. The molecule has 2 aliphatic heterocycles. The lowest BCUT2D eigenvalue weighted by Gasteiger charge is -2.37. The highest BCUT2D eigenvalue weighted by Crippen LogP contribution is 2.41. The fourth-order valence-corrected chi connectivity index (χ4v) is 11.2. The van der Waals surface area contributed by atoms with Crippen LogP contribution in [0.15, 0.2) is 94.0 Å². The molecule has 14 heteroatoms. The van der Waals surface area contributed by atoms with E-state index in [9.17, 15) is 14.7 Å². The maximum atomic E-state index is 12.3. The Morgan fingerprint density at radius 2 is 1.00 bits per heavy atom. The summed E-state index contributed by atoms with van der Waals surface area (Å²) >= 11 is 13.2.